The summed E-state index contributed by atoms with van der Waals surface area (Å²) < 4.78 is 41.0. The van der Waals surface area contributed by atoms with Crippen LogP contribution in [-0.4, -0.2) is 50.1 Å². The second-order valence-electron chi connectivity index (χ2n) is 11.1. The van der Waals surface area contributed by atoms with Crippen molar-refractivity contribution in [1.82, 2.24) is 10.3 Å². The molecule has 3 fully saturated rings. The van der Waals surface area contributed by atoms with Gasteiger partial charge in [-0.1, -0.05) is 37.1 Å². The summed E-state index contributed by atoms with van der Waals surface area (Å²) in [6.07, 6.45) is 4.59. The summed E-state index contributed by atoms with van der Waals surface area (Å²) >= 11 is 0. The molecule has 1 amide bonds. The summed E-state index contributed by atoms with van der Waals surface area (Å²) in [7, 11) is -2.49. The van der Waals surface area contributed by atoms with E-state index in [1.165, 1.54) is 6.07 Å². The summed E-state index contributed by atoms with van der Waals surface area (Å²) in [5, 5.41) is 12.5. The van der Waals surface area contributed by atoms with Crippen molar-refractivity contribution >= 4 is 22.2 Å². The highest BCUT2D eigenvalue weighted by atomic mass is 32.3. The van der Waals surface area contributed by atoms with Gasteiger partial charge >= 0.3 is 0 Å². The van der Waals surface area contributed by atoms with Crippen molar-refractivity contribution in [2.75, 3.05) is 29.5 Å². The van der Waals surface area contributed by atoms with Crippen LogP contribution in [-0.2, 0) is 4.79 Å². The molecule has 2 heterocycles. The lowest BCUT2D eigenvalue weighted by molar-refractivity contribution is -0.127. The molecule has 0 bridgehead atoms. The molecule has 3 N–H and O–H groups in total. The smallest absolute Gasteiger partial charge is 0.229 e. The van der Waals surface area contributed by atoms with E-state index >= 15 is 0 Å². The Balaban J connectivity index is 1.35. The van der Waals surface area contributed by atoms with Crippen LogP contribution in [0.5, 0.6) is 0 Å². The third-order valence-electron chi connectivity index (χ3n) is 8.41. The molecule has 210 valence electrons. The van der Waals surface area contributed by atoms with Crippen molar-refractivity contribution in [3.63, 3.8) is 0 Å². The number of rotatable bonds is 6. The SMILES string of the molecule is N#CC1(NC(=O)[C@@H]2CCCC[C@H]2c2oc(-c3ccccc3F)nc2-c2ccc(N3CCS(O)(O)CC3)cc2)CC1. The molecular weight excluding hydrogens is 531 g/mol. The number of anilines is 1. The molecule has 6 rings (SSSR count). The van der Waals surface area contributed by atoms with Gasteiger partial charge in [0.05, 0.1) is 23.1 Å². The number of aromatic nitrogens is 1. The van der Waals surface area contributed by atoms with E-state index in [0.29, 0.717) is 55.3 Å². The minimum Gasteiger partial charge on any atom is -0.440 e. The first-order valence-corrected chi connectivity index (χ1v) is 15.7. The highest BCUT2D eigenvalue weighted by molar-refractivity contribution is 8.24. The molecule has 3 aromatic rings. The molecule has 8 nitrogen and oxygen atoms in total. The first-order chi connectivity index (χ1) is 19.3. The zero-order valence-corrected chi connectivity index (χ0v) is 23.0. The number of nitrogens with one attached hydrogen (secondary N) is 1. The summed E-state index contributed by atoms with van der Waals surface area (Å²) in [4.78, 5) is 20.3. The van der Waals surface area contributed by atoms with Crippen LogP contribution < -0.4 is 10.2 Å². The van der Waals surface area contributed by atoms with E-state index in [-0.39, 0.29) is 29.2 Å². The van der Waals surface area contributed by atoms with Gasteiger partial charge in [0.15, 0.2) is 0 Å². The predicted molar refractivity (Wildman–Crippen MR) is 153 cm³/mol. The van der Waals surface area contributed by atoms with Crippen molar-refractivity contribution in [2.24, 2.45) is 5.92 Å². The third kappa shape index (κ3) is 5.33. The molecule has 1 aromatic heterocycles. The Kier molecular flexibility index (Phi) is 7.07. The molecular formula is C30H33FN4O4S. The molecule has 0 spiro atoms. The Labute approximate surface area is 234 Å². The molecule has 10 heteroatoms. The Morgan fingerprint density at radius 3 is 2.48 bits per heavy atom. The van der Waals surface area contributed by atoms with Crippen LogP contribution in [0.15, 0.2) is 52.9 Å². The second-order valence-corrected chi connectivity index (χ2v) is 13.6. The Morgan fingerprint density at radius 1 is 1.10 bits per heavy atom. The van der Waals surface area contributed by atoms with Gasteiger partial charge in [0.1, 0.15) is 22.8 Å². The first kappa shape index (κ1) is 26.8. The van der Waals surface area contributed by atoms with Crippen LogP contribution >= 0.6 is 10.6 Å². The summed E-state index contributed by atoms with van der Waals surface area (Å²) in [6, 6.07) is 16.4. The lowest BCUT2D eigenvalue weighted by Crippen LogP contribution is -2.42. The van der Waals surface area contributed by atoms with Crippen LogP contribution in [0, 0.1) is 23.1 Å². The number of hydrogen-bond donors (Lipinski definition) is 3. The van der Waals surface area contributed by atoms with Gasteiger partial charge < -0.3 is 14.6 Å². The molecule has 1 saturated heterocycles. The van der Waals surface area contributed by atoms with Gasteiger partial charge in [-0.05, 0) is 49.9 Å². The maximum atomic E-state index is 14.8. The van der Waals surface area contributed by atoms with Gasteiger partial charge in [-0.25, -0.2) is 9.37 Å². The number of nitrogens with zero attached hydrogens (tertiary/aromatic N) is 3. The molecule has 3 aliphatic rings. The molecule has 40 heavy (non-hydrogen) atoms. The lowest BCUT2D eigenvalue weighted by atomic mass is 9.76. The Bertz CT molecular complexity index is 1440. The molecule has 2 saturated carbocycles. The van der Waals surface area contributed by atoms with Crippen molar-refractivity contribution < 1.29 is 22.7 Å². The standard InChI is InChI=1S/C30H33FN4O4S/c31-25-8-4-3-7-24(25)29-33-26(20-9-11-21(12-10-20)35-15-17-40(37,38)18-16-35)27(39-29)22-5-1-2-6-23(22)28(36)34-30(19-32)13-14-30/h3-4,7-12,22-23,37-38H,1-2,5-6,13-18H2,(H,34,36)/t22-,23-/m1/s1. The van der Waals surface area contributed by atoms with Crippen molar-refractivity contribution in [1.29, 1.82) is 5.26 Å². The minimum absolute atomic E-state index is 0.134. The fraction of sp³-hybridized carbons (Fsp3) is 0.433. The van der Waals surface area contributed by atoms with Crippen LogP contribution in [0.3, 0.4) is 0 Å². The van der Waals surface area contributed by atoms with Crippen molar-refractivity contribution in [3.05, 3.63) is 60.1 Å². The molecule has 1 aliphatic heterocycles. The Morgan fingerprint density at radius 2 is 1.80 bits per heavy atom. The number of halogens is 1. The average molecular weight is 565 g/mol. The van der Waals surface area contributed by atoms with E-state index in [1.807, 2.05) is 24.3 Å². The van der Waals surface area contributed by atoms with Crippen LogP contribution in [0.25, 0.3) is 22.7 Å². The summed E-state index contributed by atoms with van der Waals surface area (Å²) in [6.45, 7) is 1.13. The maximum absolute atomic E-state index is 14.8. The Hall–Kier alpha value is -3.39. The van der Waals surface area contributed by atoms with E-state index in [1.54, 1.807) is 18.2 Å². The normalized spacial score (nSPS) is 24.1. The van der Waals surface area contributed by atoms with E-state index < -0.39 is 21.9 Å². The van der Waals surface area contributed by atoms with Crippen LogP contribution in [0.4, 0.5) is 10.1 Å². The fourth-order valence-corrected chi connectivity index (χ4v) is 7.06. The largest absolute Gasteiger partial charge is 0.440 e. The molecule has 2 aliphatic carbocycles. The number of amides is 1. The molecule has 0 radical (unpaired) electrons. The van der Waals surface area contributed by atoms with E-state index in [0.717, 1.165) is 30.5 Å². The summed E-state index contributed by atoms with van der Waals surface area (Å²) in [5.41, 5.74) is 1.87. The van der Waals surface area contributed by atoms with E-state index in [2.05, 4.69) is 16.3 Å². The lowest BCUT2D eigenvalue weighted by Gasteiger charge is -2.41. The quantitative estimate of drug-likeness (QED) is 0.327. The topological polar surface area (TPSA) is 123 Å². The van der Waals surface area contributed by atoms with Crippen molar-refractivity contribution in [2.45, 2.75) is 50.0 Å². The van der Waals surface area contributed by atoms with Crippen LogP contribution in [0.2, 0.25) is 0 Å². The monoisotopic (exact) mass is 564 g/mol. The number of carbonyl (C=O) groups excluding carboxylic acids is 1. The van der Waals surface area contributed by atoms with Gasteiger partial charge in [0.2, 0.25) is 11.8 Å². The number of benzene rings is 2. The maximum Gasteiger partial charge on any atom is 0.229 e. The summed E-state index contributed by atoms with van der Waals surface area (Å²) in [5.74, 6) is 0.262. The van der Waals surface area contributed by atoms with Gasteiger partial charge in [-0.2, -0.15) is 15.9 Å². The predicted octanol–water partition coefficient (Wildman–Crippen LogP) is 6.16. The number of oxazole rings is 1. The van der Waals surface area contributed by atoms with E-state index in [9.17, 15) is 23.6 Å². The van der Waals surface area contributed by atoms with Gasteiger partial charge in [-0.3, -0.25) is 13.9 Å². The number of carbonyl (C=O) groups is 1. The number of nitriles is 1. The zero-order chi connectivity index (χ0) is 27.9. The first-order valence-electron chi connectivity index (χ1n) is 13.9. The molecule has 2 aromatic carbocycles. The second kappa shape index (κ2) is 10.5. The van der Waals surface area contributed by atoms with Gasteiger partial charge in [0.25, 0.3) is 0 Å². The third-order valence-corrected chi connectivity index (χ3v) is 10.1. The van der Waals surface area contributed by atoms with E-state index in [4.69, 9.17) is 9.40 Å². The molecule has 0 unspecified atom stereocenters. The van der Waals surface area contributed by atoms with Crippen LogP contribution in [0.1, 0.15) is 50.2 Å². The highest BCUT2D eigenvalue weighted by Gasteiger charge is 2.47. The fourth-order valence-electron chi connectivity index (χ4n) is 5.83. The van der Waals surface area contributed by atoms with Crippen molar-refractivity contribution in [3.8, 4) is 28.8 Å². The van der Waals surface area contributed by atoms with Gasteiger partial charge in [-0.15, -0.1) is 0 Å². The highest BCUT2D eigenvalue weighted by Crippen LogP contribution is 2.46. The van der Waals surface area contributed by atoms with Gasteiger partial charge in [0, 0.05) is 36.2 Å². The minimum atomic E-state index is -2.49. The average Bonchev–Trinajstić information content (AvgIpc) is 3.60. The number of hydrogen-bond acceptors (Lipinski definition) is 7. The zero-order valence-electron chi connectivity index (χ0n) is 22.2. The molecule has 2 atom stereocenters.